The molecule has 0 bridgehead atoms. The summed E-state index contributed by atoms with van der Waals surface area (Å²) in [4.78, 5) is 32.3. The lowest BCUT2D eigenvalue weighted by atomic mass is 10.3. The third-order valence-electron chi connectivity index (χ3n) is 4.49. The number of piperazine rings is 1. The summed E-state index contributed by atoms with van der Waals surface area (Å²) in [6.07, 6.45) is 0. The van der Waals surface area contributed by atoms with Crippen LogP contribution in [-0.4, -0.2) is 44.9 Å². The number of aromatic nitrogens is 4. The molecule has 0 aromatic carbocycles. The van der Waals surface area contributed by atoms with Crippen LogP contribution in [0.2, 0.25) is 0 Å². The van der Waals surface area contributed by atoms with Crippen LogP contribution in [0.1, 0.15) is 26.8 Å². The predicted molar refractivity (Wildman–Crippen MR) is 98.2 cm³/mol. The number of rotatable bonds is 3. The van der Waals surface area contributed by atoms with E-state index in [4.69, 9.17) is 4.98 Å². The molecule has 0 amide bonds. The molecule has 8 heteroatoms. The Morgan fingerprint density at radius 3 is 2.52 bits per heavy atom. The van der Waals surface area contributed by atoms with Gasteiger partial charge in [-0.2, -0.15) is 4.98 Å². The van der Waals surface area contributed by atoms with Gasteiger partial charge < -0.3 is 10.2 Å². The van der Waals surface area contributed by atoms with Crippen molar-refractivity contribution >= 4 is 17.1 Å². The van der Waals surface area contributed by atoms with Crippen molar-refractivity contribution < 1.29 is 0 Å². The Hall–Kier alpha value is -2.53. The molecule has 1 saturated heterocycles. The minimum absolute atomic E-state index is 0.0988. The maximum Gasteiger partial charge on any atom is 0.332 e. The lowest BCUT2D eigenvalue weighted by Gasteiger charge is -2.28. The first-order valence-electron chi connectivity index (χ1n) is 8.54. The molecule has 0 radical (unpaired) electrons. The fraction of sp³-hybridized carbons (Fsp3) is 0.588. The van der Waals surface area contributed by atoms with E-state index in [0.717, 1.165) is 30.7 Å². The molecular formula is C17H24N6O2. The third-order valence-corrected chi connectivity index (χ3v) is 4.49. The molecule has 0 atom stereocenters. The Kier molecular flexibility index (Phi) is 4.68. The minimum atomic E-state index is -0.342. The van der Waals surface area contributed by atoms with E-state index in [9.17, 15) is 9.59 Å². The highest BCUT2D eigenvalue weighted by atomic mass is 16.2. The Morgan fingerprint density at radius 1 is 1.24 bits per heavy atom. The highest BCUT2D eigenvalue weighted by Crippen LogP contribution is 2.21. The lowest BCUT2D eigenvalue weighted by molar-refractivity contribution is 0.551. The Bertz CT molecular complexity index is 963. The summed E-state index contributed by atoms with van der Waals surface area (Å²) in [5, 5.41) is 3.31. The molecule has 2 aromatic heterocycles. The van der Waals surface area contributed by atoms with Crippen LogP contribution in [0.15, 0.2) is 9.59 Å². The van der Waals surface area contributed by atoms with Crippen molar-refractivity contribution in [3.05, 3.63) is 20.8 Å². The van der Waals surface area contributed by atoms with Gasteiger partial charge >= 0.3 is 5.69 Å². The van der Waals surface area contributed by atoms with E-state index in [1.165, 1.54) is 7.05 Å². The molecule has 1 fully saturated rings. The van der Waals surface area contributed by atoms with Crippen LogP contribution in [0.4, 0.5) is 5.95 Å². The molecule has 0 saturated carbocycles. The van der Waals surface area contributed by atoms with Gasteiger partial charge in [-0.25, -0.2) is 4.79 Å². The normalized spacial score (nSPS) is 14.8. The standard InChI is InChI=1S/C17H24N6O2/c1-5-6-9-22-13-14(19-16(22)21-10-7-18-8-11-21)23(12(2)3)17(25)20(4)15(13)24/h12,18H,7-11H2,1-4H3. The Morgan fingerprint density at radius 2 is 1.92 bits per heavy atom. The van der Waals surface area contributed by atoms with E-state index >= 15 is 0 Å². The van der Waals surface area contributed by atoms with Crippen LogP contribution in [0.3, 0.4) is 0 Å². The molecule has 0 spiro atoms. The van der Waals surface area contributed by atoms with Crippen molar-refractivity contribution in [3.8, 4) is 11.8 Å². The van der Waals surface area contributed by atoms with Crippen molar-refractivity contribution in [2.24, 2.45) is 7.05 Å². The molecule has 8 nitrogen and oxygen atoms in total. The van der Waals surface area contributed by atoms with Gasteiger partial charge in [0.05, 0.1) is 6.54 Å². The number of imidazole rings is 1. The van der Waals surface area contributed by atoms with Gasteiger partial charge in [0.25, 0.3) is 5.56 Å². The fourth-order valence-corrected chi connectivity index (χ4v) is 3.19. The Labute approximate surface area is 146 Å². The predicted octanol–water partition coefficient (Wildman–Crippen LogP) is -0.0895. The van der Waals surface area contributed by atoms with Crippen molar-refractivity contribution in [2.45, 2.75) is 33.4 Å². The quantitative estimate of drug-likeness (QED) is 0.788. The van der Waals surface area contributed by atoms with E-state index < -0.39 is 0 Å². The largest absolute Gasteiger partial charge is 0.340 e. The second-order valence-electron chi connectivity index (χ2n) is 6.44. The van der Waals surface area contributed by atoms with Crippen LogP contribution in [-0.2, 0) is 13.6 Å². The number of hydrogen-bond donors (Lipinski definition) is 1. The van der Waals surface area contributed by atoms with Gasteiger partial charge in [-0.1, -0.05) is 5.92 Å². The summed E-state index contributed by atoms with van der Waals surface area (Å²) in [5.41, 5.74) is 0.205. The van der Waals surface area contributed by atoms with Crippen LogP contribution >= 0.6 is 0 Å². The van der Waals surface area contributed by atoms with Gasteiger partial charge in [0, 0.05) is 39.3 Å². The van der Waals surface area contributed by atoms with Crippen molar-refractivity contribution in [1.82, 2.24) is 24.0 Å². The first-order valence-corrected chi connectivity index (χ1v) is 8.54. The van der Waals surface area contributed by atoms with Gasteiger partial charge in [-0.05, 0) is 20.8 Å². The second-order valence-corrected chi connectivity index (χ2v) is 6.44. The van der Waals surface area contributed by atoms with Crippen LogP contribution in [0, 0.1) is 11.8 Å². The first-order chi connectivity index (χ1) is 12.0. The van der Waals surface area contributed by atoms with Gasteiger partial charge in [0.15, 0.2) is 11.2 Å². The topological polar surface area (TPSA) is 77.1 Å². The summed E-state index contributed by atoms with van der Waals surface area (Å²) in [6, 6.07) is -0.0988. The molecule has 2 aromatic rings. The highest BCUT2D eigenvalue weighted by molar-refractivity contribution is 5.75. The molecule has 1 N–H and O–H groups in total. The van der Waals surface area contributed by atoms with Gasteiger partial charge in [0.2, 0.25) is 5.95 Å². The summed E-state index contributed by atoms with van der Waals surface area (Å²) in [7, 11) is 1.51. The number of fused-ring (bicyclic) bond motifs is 1. The molecule has 3 rings (SSSR count). The Balaban J connectivity index is 2.37. The summed E-state index contributed by atoms with van der Waals surface area (Å²) >= 11 is 0. The summed E-state index contributed by atoms with van der Waals surface area (Å²) in [6.45, 7) is 9.30. The van der Waals surface area contributed by atoms with E-state index in [-0.39, 0.29) is 17.3 Å². The highest BCUT2D eigenvalue weighted by Gasteiger charge is 2.24. The second kappa shape index (κ2) is 6.76. The minimum Gasteiger partial charge on any atom is -0.340 e. The number of nitrogens with zero attached hydrogens (tertiary/aromatic N) is 5. The summed E-state index contributed by atoms with van der Waals surface area (Å²) < 4.78 is 4.58. The van der Waals surface area contributed by atoms with Gasteiger partial charge in [-0.15, -0.1) is 5.92 Å². The molecule has 134 valence electrons. The smallest absolute Gasteiger partial charge is 0.332 e. The average molecular weight is 344 g/mol. The molecule has 0 unspecified atom stereocenters. The third kappa shape index (κ3) is 2.85. The van der Waals surface area contributed by atoms with Crippen LogP contribution in [0.5, 0.6) is 0 Å². The monoisotopic (exact) mass is 344 g/mol. The first kappa shape index (κ1) is 17.3. The molecular weight excluding hydrogens is 320 g/mol. The SMILES string of the molecule is CC#CCn1c(N2CCNCC2)nc2c1c(=O)n(C)c(=O)n2C(C)C. The van der Waals surface area contributed by atoms with Gasteiger partial charge in [0.1, 0.15) is 0 Å². The zero-order valence-electron chi connectivity index (χ0n) is 15.2. The molecule has 3 heterocycles. The van der Waals surface area contributed by atoms with Crippen LogP contribution in [0.25, 0.3) is 11.2 Å². The fourth-order valence-electron chi connectivity index (χ4n) is 3.19. The van der Waals surface area contributed by atoms with Crippen LogP contribution < -0.4 is 21.5 Å². The molecule has 1 aliphatic heterocycles. The molecule has 0 aliphatic carbocycles. The number of anilines is 1. The van der Waals surface area contributed by atoms with Crippen molar-refractivity contribution in [3.63, 3.8) is 0 Å². The average Bonchev–Trinajstić information content (AvgIpc) is 2.97. The number of hydrogen-bond acceptors (Lipinski definition) is 5. The van der Waals surface area contributed by atoms with Gasteiger partial charge in [-0.3, -0.25) is 18.5 Å². The zero-order chi connectivity index (χ0) is 18.1. The van der Waals surface area contributed by atoms with E-state index in [2.05, 4.69) is 22.1 Å². The summed E-state index contributed by atoms with van der Waals surface area (Å²) in [5.74, 6) is 6.61. The molecule has 1 aliphatic rings. The lowest BCUT2D eigenvalue weighted by Crippen LogP contribution is -2.44. The number of nitrogens with one attached hydrogen (secondary N) is 1. The molecule has 25 heavy (non-hydrogen) atoms. The van der Waals surface area contributed by atoms with Crippen molar-refractivity contribution in [2.75, 3.05) is 31.1 Å². The van der Waals surface area contributed by atoms with Crippen molar-refractivity contribution in [1.29, 1.82) is 0 Å². The van der Waals surface area contributed by atoms with E-state index in [1.807, 2.05) is 18.4 Å². The zero-order valence-corrected chi connectivity index (χ0v) is 15.2. The van der Waals surface area contributed by atoms with E-state index in [1.54, 1.807) is 11.5 Å². The maximum absolute atomic E-state index is 12.8. The maximum atomic E-state index is 12.8. The van der Waals surface area contributed by atoms with E-state index in [0.29, 0.717) is 23.7 Å².